The van der Waals surface area contributed by atoms with E-state index in [4.69, 9.17) is 0 Å². The van der Waals surface area contributed by atoms with Crippen LogP contribution in [0.4, 0.5) is 0 Å². The smallest absolute Gasteiger partial charge is 0.310 e. The second-order valence-electron chi connectivity index (χ2n) is 23.5. The van der Waals surface area contributed by atoms with Gasteiger partial charge < -0.3 is 15.3 Å². The van der Waals surface area contributed by atoms with E-state index in [2.05, 4.69) is 16.3 Å². The van der Waals surface area contributed by atoms with Gasteiger partial charge in [0.1, 0.15) is 0 Å². The fourth-order valence-electron chi connectivity index (χ4n) is 14.7. The van der Waals surface area contributed by atoms with Gasteiger partial charge in [0.2, 0.25) is 17.7 Å². The molecule has 7 aliphatic rings. The Balaban J connectivity index is 1.26. The van der Waals surface area contributed by atoms with Gasteiger partial charge in [-0.3, -0.25) is 73.8 Å². The van der Waals surface area contributed by atoms with Crippen LogP contribution in [-0.2, 0) is 96.1 Å². The minimum absolute atomic E-state index is 0.0478. The van der Waals surface area contributed by atoms with Crippen LogP contribution in [0.5, 0.6) is 0 Å². The highest BCUT2D eigenvalue weighted by Gasteiger charge is 2.65. The molecule has 0 aromatic heterocycles. The summed E-state index contributed by atoms with van der Waals surface area (Å²) in [5.41, 5.74) is 1.47. The fourth-order valence-corrected chi connectivity index (χ4v) is 14.7. The molecule has 21 nitrogen and oxygen atoms in total. The summed E-state index contributed by atoms with van der Waals surface area (Å²) in [7, 11) is 0. The Bertz CT molecular complexity index is 2640. The summed E-state index contributed by atoms with van der Waals surface area (Å²) in [6.45, 7) is 16.1. The van der Waals surface area contributed by atoms with Crippen molar-refractivity contribution in [2.75, 3.05) is 0 Å². The van der Waals surface area contributed by atoms with Crippen LogP contribution in [0.25, 0.3) is 0 Å². The molecule has 8 rings (SSSR count). The summed E-state index contributed by atoms with van der Waals surface area (Å²) in [5.74, 6) is -14.2. The minimum Gasteiger partial charge on any atom is -0.481 e. The number of hydrogen-bond donors (Lipinski definition) is 6. The van der Waals surface area contributed by atoms with Gasteiger partial charge in [-0.05, 0) is 131 Å². The topological polar surface area (TPSA) is 311 Å². The third kappa shape index (κ3) is 8.86. The normalized spacial score (nSPS) is 33.9. The first-order valence-electron chi connectivity index (χ1n) is 25.2. The summed E-state index contributed by atoms with van der Waals surface area (Å²) >= 11 is 0. The lowest BCUT2D eigenvalue weighted by molar-refractivity contribution is -0.188. The molecule has 9 amide bonds. The van der Waals surface area contributed by atoms with E-state index in [1.54, 1.807) is 48.5 Å². The molecule has 0 radical (unpaired) electrons. The Morgan fingerprint density at radius 2 is 0.863 bits per heavy atom. The zero-order chi connectivity index (χ0) is 54.5. The highest BCUT2D eigenvalue weighted by Crippen LogP contribution is 2.59. The van der Waals surface area contributed by atoms with Gasteiger partial charge in [-0.1, -0.05) is 48.5 Å². The number of hydrogen-bond acceptors (Lipinski definition) is 12. The number of rotatable bonds is 15. The molecule has 7 fully saturated rings. The Labute approximate surface area is 422 Å². The zero-order valence-corrected chi connectivity index (χ0v) is 43.3. The SMILES string of the molecule is CCc1c(CC(=O)NN2C(=O)[C@@H]3C[C@@H](CC(C)(C(=O)O)C3)C2=O)c(CC)c(CC(=O)NN2C(=O)[C@@]3(C)CC(C)(C(=O)O)C[C@](C)(C3)C2=O)c(CC)c1CC(=O)NN1C(=O)C2[C@@H](C)C[C@@](C)(C[C@]2(C)C(=O)O)C1=O. The Morgan fingerprint density at radius 3 is 1.25 bits per heavy atom. The number of carboxylic acids is 3. The van der Waals surface area contributed by atoms with E-state index < -0.39 is 146 Å². The summed E-state index contributed by atoms with van der Waals surface area (Å²) in [5, 5.41) is 32.3. The number of aliphatic carboxylic acids is 3. The van der Waals surface area contributed by atoms with E-state index in [0.717, 1.165) is 0 Å². The first-order valence-corrected chi connectivity index (χ1v) is 25.2. The van der Waals surface area contributed by atoms with Crippen LogP contribution in [0.15, 0.2) is 0 Å². The average molecular weight is 1020 g/mol. The zero-order valence-electron chi connectivity index (χ0n) is 43.3. The molecule has 3 saturated carbocycles. The molecular weight excluding hydrogens is 949 g/mol. The molecule has 0 spiro atoms. The average Bonchev–Trinajstić information content (AvgIpc) is 3.39. The summed E-state index contributed by atoms with van der Waals surface area (Å²) in [4.78, 5) is 165. The van der Waals surface area contributed by atoms with Gasteiger partial charge in [-0.2, -0.15) is 15.0 Å². The van der Waals surface area contributed by atoms with Gasteiger partial charge in [-0.15, -0.1) is 0 Å². The number of benzene rings is 1. The van der Waals surface area contributed by atoms with Crippen molar-refractivity contribution < 1.29 is 72.9 Å². The quantitative estimate of drug-likeness (QED) is 0.138. The highest BCUT2D eigenvalue weighted by molar-refractivity contribution is 6.07. The van der Waals surface area contributed by atoms with Crippen molar-refractivity contribution in [1.82, 2.24) is 31.3 Å². The Kier molecular flexibility index (Phi) is 13.7. The minimum atomic E-state index is -1.62. The van der Waals surface area contributed by atoms with Gasteiger partial charge in [0.25, 0.3) is 35.4 Å². The van der Waals surface area contributed by atoms with Crippen LogP contribution in [0.1, 0.15) is 154 Å². The van der Waals surface area contributed by atoms with E-state index in [-0.39, 0.29) is 70.6 Å². The lowest BCUT2D eigenvalue weighted by atomic mass is 9.52. The van der Waals surface area contributed by atoms with Crippen molar-refractivity contribution >= 4 is 71.1 Å². The fraction of sp³-hybridized carbons (Fsp3) is 0.654. The number of nitrogens with one attached hydrogen (secondary N) is 3. The van der Waals surface area contributed by atoms with Gasteiger partial charge >= 0.3 is 17.9 Å². The molecule has 4 saturated heterocycles. The summed E-state index contributed by atoms with van der Waals surface area (Å²) in [6.07, 6.45) is -1.06. The molecule has 10 atom stereocenters. The number of carbonyl (C=O) groups is 12. The number of hydrazine groups is 3. The molecule has 6 N–H and O–H groups in total. The molecule has 73 heavy (non-hydrogen) atoms. The number of fused-ring (bicyclic) bond motifs is 8. The Morgan fingerprint density at radius 1 is 0.479 bits per heavy atom. The van der Waals surface area contributed by atoms with Crippen molar-refractivity contribution in [3.8, 4) is 0 Å². The van der Waals surface area contributed by atoms with Crippen LogP contribution in [0, 0.1) is 56.2 Å². The first-order chi connectivity index (χ1) is 33.8. The van der Waals surface area contributed by atoms with Crippen molar-refractivity contribution in [2.45, 2.75) is 159 Å². The van der Waals surface area contributed by atoms with E-state index in [1.807, 2.05) is 0 Å². The molecule has 4 heterocycles. The molecule has 396 valence electrons. The van der Waals surface area contributed by atoms with Crippen LogP contribution in [-0.4, -0.2) is 101 Å². The second kappa shape index (κ2) is 18.4. The van der Waals surface area contributed by atoms with Gasteiger partial charge in [0, 0.05) is 11.8 Å². The summed E-state index contributed by atoms with van der Waals surface area (Å²) < 4.78 is 0. The van der Waals surface area contributed by atoms with Crippen LogP contribution < -0.4 is 16.3 Å². The molecular formula is C52H68N6O15. The molecule has 21 heteroatoms. The number of piperidine rings is 2. The highest BCUT2D eigenvalue weighted by atomic mass is 16.4. The van der Waals surface area contributed by atoms with Gasteiger partial charge in [-0.25, -0.2) is 0 Å². The second-order valence-corrected chi connectivity index (χ2v) is 23.5. The number of carbonyl (C=O) groups excluding carboxylic acids is 9. The third-order valence-electron chi connectivity index (χ3n) is 17.4. The monoisotopic (exact) mass is 1020 g/mol. The Hall–Kier alpha value is -6.54. The van der Waals surface area contributed by atoms with E-state index in [0.29, 0.717) is 48.4 Å². The van der Waals surface area contributed by atoms with E-state index in [9.17, 15) is 72.9 Å². The number of amides is 9. The van der Waals surface area contributed by atoms with Crippen molar-refractivity contribution in [2.24, 2.45) is 56.2 Å². The van der Waals surface area contributed by atoms with Crippen molar-refractivity contribution in [3.05, 3.63) is 33.4 Å². The third-order valence-corrected chi connectivity index (χ3v) is 17.4. The van der Waals surface area contributed by atoms with Crippen molar-refractivity contribution in [1.29, 1.82) is 0 Å². The number of carboxylic acid groups (broad SMARTS) is 3. The van der Waals surface area contributed by atoms with Crippen LogP contribution in [0.2, 0.25) is 0 Å². The van der Waals surface area contributed by atoms with Crippen LogP contribution in [0.3, 0.4) is 0 Å². The largest absolute Gasteiger partial charge is 0.481 e. The van der Waals surface area contributed by atoms with Crippen molar-refractivity contribution in [3.63, 3.8) is 0 Å². The van der Waals surface area contributed by atoms with Gasteiger partial charge in [0.15, 0.2) is 0 Å². The number of imide groups is 3. The lowest BCUT2D eigenvalue weighted by Crippen LogP contribution is -2.68. The molecule has 1 aromatic carbocycles. The summed E-state index contributed by atoms with van der Waals surface area (Å²) in [6, 6.07) is 0. The lowest BCUT2D eigenvalue weighted by Gasteiger charge is -2.54. The molecule has 3 aliphatic carbocycles. The van der Waals surface area contributed by atoms with Gasteiger partial charge in [0.05, 0.1) is 57.7 Å². The van der Waals surface area contributed by atoms with E-state index >= 15 is 0 Å². The van der Waals surface area contributed by atoms with Crippen LogP contribution >= 0.6 is 0 Å². The maximum absolute atomic E-state index is 14.5. The molecule has 4 aliphatic heterocycles. The predicted octanol–water partition coefficient (Wildman–Crippen LogP) is 3.14. The van der Waals surface area contributed by atoms with E-state index in [1.165, 1.54) is 20.8 Å². The predicted molar refractivity (Wildman–Crippen MR) is 254 cm³/mol. The molecule has 1 aromatic rings. The first kappa shape index (κ1) is 54.2. The molecule has 6 bridgehead atoms. The maximum Gasteiger partial charge on any atom is 0.310 e. The molecule has 3 unspecified atom stereocenters. The maximum atomic E-state index is 14.5. The standard InChI is InChI=1S/C52H68N6O15/c1-11-28-31(15-34(59)53-56-38(62)26-14-27(39(56)63)20-47(5,19-26)44(68)69)29(12-2)33(17-36(61)55-58-42(66)49(7)21-50(8,43(58)67)23-51(9,22-49)45(70)71)30(13-3)32(28)16-35(60)54-57-40(64)37-25(4)18-48(6,41(57)65)24-52(37,10)46(72)73/h25-27,37H,11-24H2,1-10H3,(H,53,59)(H,54,60)(H,55,61)(H,68,69)(H,70,71)(H,72,73)/t25-,26-,27+,37?,47?,48-,49-,50+,51?,52-/m0/s1. The number of nitrogens with zero attached hydrogens (tertiary/aromatic N) is 3.